The second-order valence-corrected chi connectivity index (χ2v) is 3.17. The van der Waals surface area contributed by atoms with Crippen LogP contribution in [0, 0.1) is 0 Å². The van der Waals surface area contributed by atoms with Crippen LogP contribution in [0.2, 0.25) is 0 Å². The van der Waals surface area contributed by atoms with Crippen molar-refractivity contribution in [3.63, 3.8) is 0 Å². The SMILES string of the molecule is CC1=C=CC2=C(C=C1)C(=O)CC2.[Lr]. The zero-order valence-electron chi connectivity index (χ0n) is 7.31. The molecule has 1 radical (unpaired) electrons. The predicted octanol–water partition coefficient (Wildman–Crippen LogP) is 2.32. The van der Waals surface area contributed by atoms with Gasteiger partial charge in [-0.1, -0.05) is 12.2 Å². The van der Waals surface area contributed by atoms with Crippen molar-refractivity contribution in [2.24, 2.45) is 0 Å². The van der Waals surface area contributed by atoms with Gasteiger partial charge in [0.05, 0.1) is 0 Å². The van der Waals surface area contributed by atoms with Gasteiger partial charge in [0.15, 0.2) is 5.78 Å². The fourth-order valence-corrected chi connectivity index (χ4v) is 1.50. The van der Waals surface area contributed by atoms with Gasteiger partial charge in [-0.2, -0.15) is 0 Å². The van der Waals surface area contributed by atoms with Gasteiger partial charge in [0.25, 0.3) is 0 Å². The van der Waals surface area contributed by atoms with Crippen LogP contribution in [0.5, 0.6) is 0 Å². The van der Waals surface area contributed by atoms with Gasteiger partial charge in [0.2, 0.25) is 0 Å². The number of carbonyl (C=O) groups excluding carboxylic acids is 1. The molecule has 2 rings (SSSR count). The number of Topliss-reactive ketones (excluding diaryl/α,β-unsaturated/α-hetero) is 1. The smallest absolute Gasteiger partial charge is 0.163 e. The maximum atomic E-state index is 11.3. The summed E-state index contributed by atoms with van der Waals surface area (Å²) in [5.74, 6) is 0.272. The molecule has 0 saturated heterocycles. The molecule has 0 N–H and O–H groups in total. The molecule has 1 nitrogen and oxygen atoms in total. The second kappa shape index (κ2) is 2.96. The van der Waals surface area contributed by atoms with Gasteiger partial charge in [-0.15, -0.1) is 5.73 Å². The molecule has 0 aromatic rings. The van der Waals surface area contributed by atoms with E-state index in [0.717, 1.165) is 23.1 Å². The van der Waals surface area contributed by atoms with Crippen LogP contribution < -0.4 is 0 Å². The van der Waals surface area contributed by atoms with E-state index in [2.05, 4.69) is 5.73 Å². The van der Waals surface area contributed by atoms with Gasteiger partial charge >= 0.3 is 0 Å². The Morgan fingerprint density at radius 2 is 2.08 bits per heavy atom. The Morgan fingerprint density at radius 1 is 1.31 bits per heavy atom. The number of hydrogen-bond donors (Lipinski definition) is 0. The van der Waals surface area contributed by atoms with E-state index < -0.39 is 0 Å². The molecule has 2 aliphatic rings. The van der Waals surface area contributed by atoms with Crippen molar-refractivity contribution in [1.29, 1.82) is 0 Å². The van der Waals surface area contributed by atoms with Crippen molar-refractivity contribution in [3.8, 4) is 0 Å². The Labute approximate surface area is 71.8 Å². The molecule has 0 heterocycles. The molecule has 0 bridgehead atoms. The largest absolute Gasteiger partial charge is 0.294 e. The predicted molar refractivity (Wildman–Crippen MR) is 47.7 cm³/mol. The second-order valence-electron chi connectivity index (χ2n) is 3.17. The number of rotatable bonds is 0. The van der Waals surface area contributed by atoms with E-state index in [4.69, 9.17) is 0 Å². The van der Waals surface area contributed by atoms with Crippen molar-refractivity contribution in [3.05, 3.63) is 40.7 Å². The van der Waals surface area contributed by atoms with Crippen molar-refractivity contribution in [1.82, 2.24) is 0 Å². The zero-order valence-corrected chi connectivity index (χ0v) is 9.46. The van der Waals surface area contributed by atoms with E-state index in [0.29, 0.717) is 6.42 Å². The Kier molecular flexibility index (Phi) is 2.00. The first kappa shape index (κ1) is 8.76. The third-order valence-corrected chi connectivity index (χ3v) is 2.24. The maximum Gasteiger partial charge on any atom is 0.163 e. The molecule has 0 aromatic carbocycles. The normalized spacial score (nSPS) is 19.5. The van der Waals surface area contributed by atoms with E-state index in [1.165, 1.54) is 0 Å². The van der Waals surface area contributed by atoms with E-state index in [9.17, 15) is 4.79 Å². The van der Waals surface area contributed by atoms with Crippen LogP contribution in [0.15, 0.2) is 40.7 Å². The molecular weight excluding hydrogens is 410 g/mol. The third-order valence-electron chi connectivity index (χ3n) is 2.24. The third kappa shape index (κ3) is 1.33. The van der Waals surface area contributed by atoms with Gasteiger partial charge in [-0.25, -0.2) is 0 Å². The average Bonchev–Trinajstić information content (AvgIpc) is 2.28. The molecule has 0 saturated carbocycles. The maximum absolute atomic E-state index is 11.3. The molecule has 0 unspecified atom stereocenters. The fourth-order valence-electron chi connectivity index (χ4n) is 1.50. The van der Waals surface area contributed by atoms with Crippen LogP contribution in [0.3, 0.4) is 0 Å². The van der Waals surface area contributed by atoms with Crippen LogP contribution in [-0.4, -0.2) is 5.78 Å². The molecule has 0 fully saturated rings. The van der Waals surface area contributed by atoms with Crippen molar-refractivity contribution in [2.75, 3.05) is 0 Å². The van der Waals surface area contributed by atoms with Crippen LogP contribution in [0.1, 0.15) is 19.8 Å². The molecule has 2 heteroatoms. The van der Waals surface area contributed by atoms with Crippen molar-refractivity contribution >= 4 is 5.78 Å². The standard InChI is InChI=1S/C11H10O.Lr/c1-8-2-4-9-5-7-11(12)10(9)6-3-8;/h3-4,6H,5,7H2,1H3;. The van der Waals surface area contributed by atoms with Crippen molar-refractivity contribution < 1.29 is 4.79 Å². The summed E-state index contributed by atoms with van der Waals surface area (Å²) < 4.78 is 0. The van der Waals surface area contributed by atoms with E-state index in [1.807, 2.05) is 25.2 Å². The monoisotopic (exact) mass is 420 g/mol. The summed E-state index contributed by atoms with van der Waals surface area (Å²) in [5.41, 5.74) is 6.25. The molecule has 2 aliphatic carbocycles. The number of allylic oxidation sites excluding steroid dienone is 5. The van der Waals surface area contributed by atoms with Gasteiger partial charge in [-0.3, -0.25) is 4.79 Å². The summed E-state index contributed by atoms with van der Waals surface area (Å²) in [7, 11) is 0. The molecule has 0 aliphatic heterocycles. The Morgan fingerprint density at radius 3 is 2.85 bits per heavy atom. The first-order chi connectivity index (χ1) is 5.77. The van der Waals surface area contributed by atoms with E-state index >= 15 is 0 Å². The Hall–Kier alpha value is -2.33. The number of hydrogen-bond acceptors (Lipinski definition) is 1. The molecular formula is C11H10LrO. The van der Waals surface area contributed by atoms with Crippen LogP contribution in [0.4, 0.5) is 0 Å². The topological polar surface area (TPSA) is 17.1 Å². The summed E-state index contributed by atoms with van der Waals surface area (Å²) in [5, 5.41) is 0. The van der Waals surface area contributed by atoms with Gasteiger partial charge in [-0.05, 0) is 30.6 Å². The molecule has 0 spiro atoms. The van der Waals surface area contributed by atoms with E-state index in [-0.39, 0.29) is 5.78 Å². The molecule has 75 valence electrons. The summed E-state index contributed by atoms with van der Waals surface area (Å²) in [4.78, 5) is 11.3. The van der Waals surface area contributed by atoms with Crippen LogP contribution >= 0.6 is 0 Å². The van der Waals surface area contributed by atoms with Gasteiger partial charge < -0.3 is 0 Å². The molecule has 0 aromatic heterocycles. The first-order valence-electron chi connectivity index (χ1n) is 4.15. The summed E-state index contributed by atoms with van der Waals surface area (Å²) in [6.45, 7) is 1.99. The Bertz CT molecular complexity index is 366. The number of ketones is 1. The summed E-state index contributed by atoms with van der Waals surface area (Å²) in [6, 6.07) is 0. The Balaban J connectivity index is 0.000000845. The fraction of sp³-hybridized carbons (Fsp3) is 0.273. The zero-order chi connectivity index (χ0) is 8.55. The van der Waals surface area contributed by atoms with Crippen molar-refractivity contribution in [2.45, 2.75) is 19.8 Å². The average molecular weight is 420 g/mol. The minimum Gasteiger partial charge on any atom is -0.294 e. The summed E-state index contributed by atoms with van der Waals surface area (Å²) >= 11 is 0. The molecule has 0 amide bonds. The quantitative estimate of drug-likeness (QED) is 0.550. The molecule has 13 heavy (non-hydrogen) atoms. The summed E-state index contributed by atoms with van der Waals surface area (Å²) in [6.07, 6.45) is 7.36. The van der Waals surface area contributed by atoms with Crippen LogP contribution in [-0.2, 0) is 4.79 Å². The number of carbonyl (C=O) groups is 1. The molecule has 0 atom stereocenters. The minimum absolute atomic E-state index is 0. The van der Waals surface area contributed by atoms with E-state index in [1.54, 1.807) is 0 Å². The van der Waals surface area contributed by atoms with Crippen LogP contribution in [0.25, 0.3) is 0 Å². The van der Waals surface area contributed by atoms with Gasteiger partial charge in [0, 0.05) is 12.0 Å². The van der Waals surface area contributed by atoms with Gasteiger partial charge in [0.1, 0.15) is 0 Å². The first-order valence-corrected chi connectivity index (χ1v) is 4.15. The minimum atomic E-state index is 0.